The SMILES string of the molecule is CCOC(=O)CCC(=O)c1cc2occc2[nH]1.CCOC(=O)CCC(=O)c1cc2occc2[nH]1.NC(=O)CCC(=O)c1cc2occc2[nH]1.O=C(O)c1cc2occc2[nH]1. The molecule has 1 amide bonds. The molecule has 0 aliphatic rings. The number of esters is 2. The fourth-order valence-corrected chi connectivity index (χ4v) is 5.50. The topological polar surface area (TPSA) is 300 Å². The van der Waals surface area contributed by atoms with Crippen molar-refractivity contribution in [3.8, 4) is 0 Å². The molecule has 19 heteroatoms. The van der Waals surface area contributed by atoms with Gasteiger partial charge >= 0.3 is 17.9 Å². The molecule has 8 aromatic rings. The molecule has 0 saturated heterocycles. The maximum Gasteiger partial charge on any atom is 0.352 e. The zero-order valence-electron chi connectivity index (χ0n) is 32.4. The molecule has 314 valence electrons. The van der Waals surface area contributed by atoms with Crippen molar-refractivity contribution in [2.75, 3.05) is 13.2 Å². The fraction of sp³-hybridized carbons (Fsp3) is 0.244. The Morgan fingerprint density at radius 1 is 0.500 bits per heavy atom. The Hall–Kier alpha value is -7.83. The number of carboxylic acid groups (broad SMARTS) is 1. The first kappa shape index (κ1) is 43.3. The minimum atomic E-state index is -0.976. The Labute approximate surface area is 338 Å². The Morgan fingerprint density at radius 2 is 0.800 bits per heavy atom. The Bertz CT molecular complexity index is 2510. The lowest BCUT2D eigenvalue weighted by Gasteiger charge is -2.00. The van der Waals surface area contributed by atoms with E-state index in [1.54, 1.807) is 75.1 Å². The summed E-state index contributed by atoms with van der Waals surface area (Å²) in [5.41, 5.74) is 12.0. The average Bonchev–Trinajstić information content (AvgIpc) is 4.05. The Balaban J connectivity index is 0.000000153. The molecule has 0 unspecified atom stereocenters. The summed E-state index contributed by atoms with van der Waals surface area (Å²) in [6.07, 6.45) is 6.83. The van der Waals surface area contributed by atoms with Crippen LogP contribution in [-0.4, -0.2) is 79.4 Å². The van der Waals surface area contributed by atoms with E-state index in [-0.39, 0.29) is 73.5 Å². The summed E-state index contributed by atoms with van der Waals surface area (Å²) in [7, 11) is 0. The normalized spacial score (nSPS) is 10.6. The van der Waals surface area contributed by atoms with Crippen molar-refractivity contribution in [1.82, 2.24) is 19.9 Å². The summed E-state index contributed by atoms with van der Waals surface area (Å²) in [6, 6.07) is 13.3. The van der Waals surface area contributed by atoms with E-state index >= 15 is 0 Å². The third-order valence-corrected chi connectivity index (χ3v) is 8.41. The van der Waals surface area contributed by atoms with Crippen molar-refractivity contribution in [2.24, 2.45) is 5.73 Å². The van der Waals surface area contributed by atoms with E-state index in [0.717, 1.165) is 16.6 Å². The number of ether oxygens (including phenoxy) is 2. The predicted octanol–water partition coefficient (Wildman–Crippen LogP) is 7.24. The van der Waals surface area contributed by atoms with Gasteiger partial charge in [-0.15, -0.1) is 0 Å². The van der Waals surface area contributed by atoms with E-state index in [2.05, 4.69) is 19.9 Å². The number of furan rings is 4. The number of ketones is 3. The second kappa shape index (κ2) is 20.5. The molecule has 0 saturated carbocycles. The van der Waals surface area contributed by atoms with Crippen molar-refractivity contribution in [2.45, 2.75) is 52.4 Å². The highest BCUT2D eigenvalue weighted by atomic mass is 16.5. The van der Waals surface area contributed by atoms with Gasteiger partial charge in [-0.3, -0.25) is 28.8 Å². The number of primary amides is 1. The highest BCUT2D eigenvalue weighted by Crippen LogP contribution is 2.20. The van der Waals surface area contributed by atoms with E-state index in [9.17, 15) is 33.6 Å². The summed E-state index contributed by atoms with van der Waals surface area (Å²) in [5.74, 6) is -2.53. The lowest BCUT2D eigenvalue weighted by atomic mass is 10.1. The summed E-state index contributed by atoms with van der Waals surface area (Å²) in [5, 5.41) is 8.53. The second-order valence-electron chi connectivity index (χ2n) is 12.7. The van der Waals surface area contributed by atoms with Crippen LogP contribution in [-0.2, 0) is 23.9 Å². The molecule has 60 heavy (non-hydrogen) atoms. The van der Waals surface area contributed by atoms with Gasteiger partial charge in [0.15, 0.2) is 39.7 Å². The Kier molecular flexibility index (Phi) is 14.8. The van der Waals surface area contributed by atoms with Crippen LogP contribution in [0.1, 0.15) is 94.3 Å². The molecule has 0 aliphatic carbocycles. The van der Waals surface area contributed by atoms with Crippen LogP contribution in [0.2, 0.25) is 0 Å². The summed E-state index contributed by atoms with van der Waals surface area (Å²) in [6.45, 7) is 4.14. The van der Waals surface area contributed by atoms with Gasteiger partial charge < -0.3 is 57.9 Å². The zero-order valence-corrected chi connectivity index (χ0v) is 32.4. The number of amides is 1. The number of carbonyl (C=O) groups excluding carboxylic acids is 6. The summed E-state index contributed by atoms with van der Waals surface area (Å²) in [4.78, 5) is 89.6. The third-order valence-electron chi connectivity index (χ3n) is 8.41. The number of hydrogen-bond acceptors (Lipinski definition) is 13. The molecule has 0 radical (unpaired) electrons. The molecule has 19 nitrogen and oxygen atoms in total. The number of aromatic carboxylic acids is 1. The van der Waals surface area contributed by atoms with Crippen LogP contribution in [0.5, 0.6) is 0 Å². The number of Topliss-reactive ketones (excluding diaryl/α,β-unsaturated/α-hetero) is 3. The molecular formula is C41H41N5O14. The molecule has 0 aliphatic heterocycles. The molecule has 7 N–H and O–H groups in total. The number of H-pyrrole nitrogens is 4. The number of hydrogen-bond donors (Lipinski definition) is 6. The average molecular weight is 828 g/mol. The molecule has 0 aromatic carbocycles. The van der Waals surface area contributed by atoms with Gasteiger partial charge in [0.1, 0.15) is 5.69 Å². The quantitative estimate of drug-likeness (QED) is 0.0438. The van der Waals surface area contributed by atoms with Crippen LogP contribution in [0, 0.1) is 0 Å². The predicted molar refractivity (Wildman–Crippen MR) is 212 cm³/mol. The minimum Gasteiger partial charge on any atom is -0.477 e. The maximum absolute atomic E-state index is 11.7. The van der Waals surface area contributed by atoms with E-state index in [0.29, 0.717) is 58.1 Å². The van der Waals surface area contributed by atoms with Gasteiger partial charge in [0.25, 0.3) is 0 Å². The van der Waals surface area contributed by atoms with Crippen molar-refractivity contribution in [3.05, 3.63) is 96.4 Å². The van der Waals surface area contributed by atoms with E-state index < -0.39 is 11.9 Å². The first-order chi connectivity index (χ1) is 28.8. The zero-order chi connectivity index (χ0) is 43.2. The number of aromatic nitrogens is 4. The van der Waals surface area contributed by atoms with Crippen molar-refractivity contribution < 1.29 is 65.8 Å². The van der Waals surface area contributed by atoms with Crippen LogP contribution >= 0.6 is 0 Å². The number of rotatable bonds is 15. The third kappa shape index (κ3) is 11.9. The van der Waals surface area contributed by atoms with Gasteiger partial charge in [-0.2, -0.15) is 0 Å². The number of nitrogens with two attached hydrogens (primary N) is 1. The minimum absolute atomic E-state index is 0.0687. The first-order valence-corrected chi connectivity index (χ1v) is 18.5. The van der Waals surface area contributed by atoms with Gasteiger partial charge in [-0.1, -0.05) is 0 Å². The van der Waals surface area contributed by atoms with Crippen molar-refractivity contribution in [1.29, 1.82) is 0 Å². The maximum atomic E-state index is 11.7. The highest BCUT2D eigenvalue weighted by Gasteiger charge is 2.15. The molecule has 0 bridgehead atoms. The molecule has 8 aromatic heterocycles. The first-order valence-electron chi connectivity index (χ1n) is 18.5. The lowest BCUT2D eigenvalue weighted by molar-refractivity contribution is -0.143. The summed E-state index contributed by atoms with van der Waals surface area (Å²) >= 11 is 0. The number of carboxylic acids is 1. The van der Waals surface area contributed by atoms with Crippen LogP contribution in [0.4, 0.5) is 0 Å². The lowest BCUT2D eigenvalue weighted by Crippen LogP contribution is -2.12. The molecule has 8 rings (SSSR count). The number of aromatic amines is 4. The standard InChI is InChI=1S/2C12H13NO4.C10H10N2O3.C7H5NO3/c2*1-2-16-12(15)4-3-10(14)9-7-11-8(13-9)5-6-17-11;11-10(14)2-1-8(13)7-5-9-6(12-7)3-4-15-9;9-7(10)5-3-6-4(8-5)1-2-11-6/h2*5-7,13H,2-4H2,1H3;3-5,12H,1-2H2,(H2,11,14);1-3,8H,(H,9,10). The molecule has 0 fully saturated rings. The van der Waals surface area contributed by atoms with Crippen LogP contribution in [0.15, 0.2) is 91.3 Å². The number of fused-ring (bicyclic) bond motifs is 4. The van der Waals surface area contributed by atoms with Crippen LogP contribution < -0.4 is 5.73 Å². The van der Waals surface area contributed by atoms with E-state index in [1.165, 1.54) is 12.3 Å². The van der Waals surface area contributed by atoms with Crippen molar-refractivity contribution in [3.63, 3.8) is 0 Å². The monoisotopic (exact) mass is 827 g/mol. The van der Waals surface area contributed by atoms with Gasteiger partial charge in [0.05, 0.1) is 90.3 Å². The van der Waals surface area contributed by atoms with E-state index in [1.807, 2.05) is 0 Å². The van der Waals surface area contributed by atoms with Gasteiger partial charge in [-0.05, 0) is 13.8 Å². The van der Waals surface area contributed by atoms with Crippen molar-refractivity contribution >= 4 is 85.6 Å². The fourth-order valence-electron chi connectivity index (χ4n) is 5.50. The van der Waals surface area contributed by atoms with Gasteiger partial charge in [0, 0.05) is 74.2 Å². The van der Waals surface area contributed by atoms with Crippen LogP contribution in [0.3, 0.4) is 0 Å². The molecule has 8 heterocycles. The highest BCUT2D eigenvalue weighted by molar-refractivity contribution is 6.01. The largest absolute Gasteiger partial charge is 0.477 e. The van der Waals surface area contributed by atoms with Crippen LogP contribution in [0.25, 0.3) is 44.4 Å². The molecule has 0 atom stereocenters. The number of nitrogens with one attached hydrogen (secondary N) is 4. The Morgan fingerprint density at radius 3 is 1.08 bits per heavy atom. The smallest absolute Gasteiger partial charge is 0.352 e. The van der Waals surface area contributed by atoms with E-state index in [4.69, 9.17) is 38.0 Å². The summed E-state index contributed by atoms with van der Waals surface area (Å²) < 4.78 is 29.8. The number of carbonyl (C=O) groups is 7. The second-order valence-corrected chi connectivity index (χ2v) is 12.7. The van der Waals surface area contributed by atoms with Gasteiger partial charge in [0.2, 0.25) is 5.91 Å². The molecular weight excluding hydrogens is 786 g/mol. The van der Waals surface area contributed by atoms with Gasteiger partial charge in [-0.25, -0.2) is 4.79 Å². The molecule has 0 spiro atoms.